The molecule has 5 heteroatoms. The first kappa shape index (κ1) is 16.1. The molecule has 0 fully saturated rings. The summed E-state index contributed by atoms with van der Waals surface area (Å²) in [5, 5.41) is 0. The fourth-order valence-electron chi connectivity index (χ4n) is 2.13. The molecule has 1 aromatic carbocycles. The summed E-state index contributed by atoms with van der Waals surface area (Å²) in [6.45, 7) is 2.66. The number of methoxy groups -OCH3 is 1. The summed E-state index contributed by atoms with van der Waals surface area (Å²) in [6, 6.07) is 12.0. The third-order valence-corrected chi connectivity index (χ3v) is 3.44. The summed E-state index contributed by atoms with van der Waals surface area (Å²) in [5.41, 5.74) is 7.63. The van der Waals surface area contributed by atoms with Crippen molar-refractivity contribution in [3.63, 3.8) is 0 Å². The lowest BCUT2D eigenvalue weighted by molar-refractivity contribution is 0.411. The Morgan fingerprint density at radius 1 is 1.05 bits per heavy atom. The van der Waals surface area contributed by atoms with Gasteiger partial charge in [-0.05, 0) is 43.9 Å². The van der Waals surface area contributed by atoms with Crippen molar-refractivity contribution in [3.8, 4) is 5.75 Å². The van der Waals surface area contributed by atoms with Crippen LogP contribution in [0.3, 0.4) is 0 Å². The van der Waals surface area contributed by atoms with Gasteiger partial charge in [0.05, 0.1) is 19.0 Å². The third-order valence-electron chi connectivity index (χ3n) is 3.44. The van der Waals surface area contributed by atoms with Gasteiger partial charge in [-0.25, -0.2) is 4.98 Å². The van der Waals surface area contributed by atoms with Crippen molar-refractivity contribution in [1.82, 2.24) is 9.88 Å². The van der Waals surface area contributed by atoms with E-state index in [1.165, 1.54) is 5.56 Å². The number of benzene rings is 1. The van der Waals surface area contributed by atoms with E-state index in [0.29, 0.717) is 5.69 Å². The highest BCUT2D eigenvalue weighted by atomic mass is 16.5. The first-order chi connectivity index (χ1) is 10.6. The molecular formula is C17H24N4O. The number of pyridine rings is 1. The first-order valence-corrected chi connectivity index (χ1v) is 7.32. The lowest BCUT2D eigenvalue weighted by atomic mass is 10.2. The molecule has 118 valence electrons. The highest BCUT2D eigenvalue weighted by Crippen LogP contribution is 2.18. The van der Waals surface area contributed by atoms with Gasteiger partial charge in [0.15, 0.2) is 0 Å². The topological polar surface area (TPSA) is 54.6 Å². The SMILES string of the molecule is COc1ccc(CN(CCN(C)C)c2ccc(N)cn2)cc1. The van der Waals surface area contributed by atoms with Crippen LogP contribution in [0.1, 0.15) is 5.56 Å². The molecule has 0 aliphatic rings. The highest BCUT2D eigenvalue weighted by molar-refractivity contribution is 5.46. The summed E-state index contributed by atoms with van der Waals surface area (Å²) in [7, 11) is 5.82. The Morgan fingerprint density at radius 3 is 2.32 bits per heavy atom. The molecule has 2 N–H and O–H groups in total. The van der Waals surface area contributed by atoms with Gasteiger partial charge in [0.1, 0.15) is 11.6 Å². The van der Waals surface area contributed by atoms with Gasteiger partial charge in [-0.2, -0.15) is 0 Å². The summed E-state index contributed by atoms with van der Waals surface area (Å²) < 4.78 is 5.20. The standard InChI is InChI=1S/C17H24N4O/c1-20(2)10-11-21(17-9-6-15(18)12-19-17)13-14-4-7-16(22-3)8-5-14/h4-9,12H,10-11,13,18H2,1-3H3. The molecule has 0 saturated carbocycles. The number of nitrogen functional groups attached to an aromatic ring is 1. The zero-order chi connectivity index (χ0) is 15.9. The molecule has 0 aliphatic heterocycles. The van der Waals surface area contributed by atoms with Crippen molar-refractivity contribution in [3.05, 3.63) is 48.2 Å². The van der Waals surface area contributed by atoms with Crippen LogP contribution in [0.2, 0.25) is 0 Å². The molecule has 22 heavy (non-hydrogen) atoms. The minimum absolute atomic E-state index is 0.681. The van der Waals surface area contributed by atoms with Crippen LogP contribution in [0.5, 0.6) is 5.75 Å². The zero-order valence-electron chi connectivity index (χ0n) is 13.5. The lowest BCUT2D eigenvalue weighted by Crippen LogP contribution is -2.31. The van der Waals surface area contributed by atoms with Gasteiger partial charge in [0, 0.05) is 19.6 Å². The van der Waals surface area contributed by atoms with E-state index < -0.39 is 0 Å². The maximum atomic E-state index is 5.73. The molecule has 0 bridgehead atoms. The summed E-state index contributed by atoms with van der Waals surface area (Å²) in [4.78, 5) is 8.86. The average Bonchev–Trinajstić information content (AvgIpc) is 2.53. The number of ether oxygens (including phenoxy) is 1. The van der Waals surface area contributed by atoms with Crippen molar-refractivity contribution in [1.29, 1.82) is 0 Å². The van der Waals surface area contributed by atoms with Gasteiger partial charge in [-0.3, -0.25) is 0 Å². The zero-order valence-corrected chi connectivity index (χ0v) is 13.5. The Hall–Kier alpha value is -2.27. The number of nitrogens with zero attached hydrogens (tertiary/aromatic N) is 3. The lowest BCUT2D eigenvalue weighted by Gasteiger charge is -2.25. The van der Waals surface area contributed by atoms with Crippen LogP contribution in [-0.2, 0) is 6.54 Å². The maximum Gasteiger partial charge on any atom is 0.128 e. The van der Waals surface area contributed by atoms with E-state index in [-0.39, 0.29) is 0 Å². The van der Waals surface area contributed by atoms with Gasteiger partial charge in [-0.15, -0.1) is 0 Å². The highest BCUT2D eigenvalue weighted by Gasteiger charge is 2.09. The monoisotopic (exact) mass is 300 g/mol. The van der Waals surface area contributed by atoms with E-state index in [2.05, 4.69) is 41.0 Å². The third kappa shape index (κ3) is 4.63. The molecule has 0 spiro atoms. The van der Waals surface area contributed by atoms with E-state index in [0.717, 1.165) is 31.2 Å². The predicted molar refractivity (Wildman–Crippen MR) is 91.2 cm³/mol. The Morgan fingerprint density at radius 2 is 1.77 bits per heavy atom. The van der Waals surface area contributed by atoms with E-state index in [4.69, 9.17) is 10.5 Å². The van der Waals surface area contributed by atoms with Crippen molar-refractivity contribution in [2.45, 2.75) is 6.54 Å². The maximum absolute atomic E-state index is 5.73. The molecule has 0 aliphatic carbocycles. The number of aromatic nitrogens is 1. The van der Waals surface area contributed by atoms with Gasteiger partial charge in [-0.1, -0.05) is 12.1 Å². The number of hydrogen-bond donors (Lipinski definition) is 1. The van der Waals surface area contributed by atoms with Gasteiger partial charge >= 0.3 is 0 Å². The van der Waals surface area contributed by atoms with Crippen LogP contribution in [0, 0.1) is 0 Å². The predicted octanol–water partition coefficient (Wildman–Crippen LogP) is 2.24. The molecule has 0 saturated heterocycles. The average molecular weight is 300 g/mol. The van der Waals surface area contributed by atoms with Crippen LogP contribution in [0.15, 0.2) is 42.6 Å². The van der Waals surface area contributed by atoms with Crippen molar-refractivity contribution < 1.29 is 4.74 Å². The number of rotatable bonds is 7. The van der Waals surface area contributed by atoms with E-state index in [1.54, 1.807) is 13.3 Å². The molecule has 2 aromatic rings. The van der Waals surface area contributed by atoms with Crippen molar-refractivity contribution in [2.75, 3.05) is 44.9 Å². The fraction of sp³-hybridized carbons (Fsp3) is 0.353. The summed E-state index contributed by atoms with van der Waals surface area (Å²) >= 11 is 0. The Kier molecular flexibility index (Phi) is 5.61. The summed E-state index contributed by atoms with van der Waals surface area (Å²) in [5.74, 6) is 1.81. The van der Waals surface area contributed by atoms with Crippen molar-refractivity contribution in [2.24, 2.45) is 0 Å². The molecule has 1 heterocycles. The quantitative estimate of drug-likeness (QED) is 0.850. The Bertz CT molecular complexity index is 566. The molecule has 1 aromatic heterocycles. The smallest absolute Gasteiger partial charge is 0.128 e. The number of likely N-dealkylation sites (N-methyl/N-ethyl adjacent to an activating group) is 1. The van der Waals surface area contributed by atoms with E-state index in [1.807, 2.05) is 24.3 Å². The number of anilines is 2. The van der Waals surface area contributed by atoms with Crippen LogP contribution in [0.25, 0.3) is 0 Å². The second-order valence-electron chi connectivity index (χ2n) is 5.52. The fourth-order valence-corrected chi connectivity index (χ4v) is 2.13. The van der Waals surface area contributed by atoms with Crippen LogP contribution in [0.4, 0.5) is 11.5 Å². The van der Waals surface area contributed by atoms with E-state index in [9.17, 15) is 0 Å². The molecule has 0 atom stereocenters. The van der Waals surface area contributed by atoms with E-state index >= 15 is 0 Å². The summed E-state index contributed by atoms with van der Waals surface area (Å²) in [6.07, 6.45) is 1.70. The number of nitrogens with two attached hydrogens (primary N) is 1. The first-order valence-electron chi connectivity index (χ1n) is 7.32. The number of hydrogen-bond acceptors (Lipinski definition) is 5. The Labute approximate surface area is 132 Å². The van der Waals surface area contributed by atoms with Gasteiger partial charge in [0.25, 0.3) is 0 Å². The van der Waals surface area contributed by atoms with Crippen LogP contribution >= 0.6 is 0 Å². The largest absolute Gasteiger partial charge is 0.497 e. The minimum Gasteiger partial charge on any atom is -0.497 e. The molecule has 0 unspecified atom stereocenters. The van der Waals surface area contributed by atoms with Crippen molar-refractivity contribution >= 4 is 11.5 Å². The van der Waals surface area contributed by atoms with Gasteiger partial charge < -0.3 is 20.3 Å². The second kappa shape index (κ2) is 7.66. The molecule has 0 amide bonds. The normalized spacial score (nSPS) is 10.7. The Balaban J connectivity index is 2.13. The molecular weight excluding hydrogens is 276 g/mol. The minimum atomic E-state index is 0.681. The van der Waals surface area contributed by atoms with Crippen LogP contribution < -0.4 is 15.4 Å². The molecule has 5 nitrogen and oxygen atoms in total. The molecule has 0 radical (unpaired) electrons. The molecule has 2 rings (SSSR count). The van der Waals surface area contributed by atoms with Crippen LogP contribution in [-0.4, -0.2) is 44.2 Å². The van der Waals surface area contributed by atoms with Gasteiger partial charge in [0.2, 0.25) is 0 Å². The second-order valence-corrected chi connectivity index (χ2v) is 5.52.